The van der Waals surface area contributed by atoms with Crippen molar-refractivity contribution in [3.05, 3.63) is 102 Å². The van der Waals surface area contributed by atoms with Crippen LogP contribution in [0.15, 0.2) is 85.5 Å². The Bertz CT molecular complexity index is 1020. The zero-order valence-electron chi connectivity index (χ0n) is 18.8. The largest absolute Gasteiger partial charge is 0.454 e. The predicted molar refractivity (Wildman–Crippen MR) is 126 cm³/mol. The summed E-state index contributed by atoms with van der Waals surface area (Å²) in [5.41, 5.74) is 1.73. The monoisotopic (exact) mass is 454 g/mol. The maximum atomic E-state index is 14.3. The molecular formula is C28H29F3O2. The van der Waals surface area contributed by atoms with E-state index in [1.807, 2.05) is 36.4 Å². The van der Waals surface area contributed by atoms with Gasteiger partial charge in [-0.05, 0) is 73.2 Å². The molecule has 0 heterocycles. The van der Waals surface area contributed by atoms with Crippen LogP contribution >= 0.6 is 0 Å². The topological polar surface area (TPSA) is 18.5 Å². The van der Waals surface area contributed by atoms with Gasteiger partial charge in [0.05, 0.1) is 0 Å². The Balaban J connectivity index is 1.70. The van der Waals surface area contributed by atoms with Gasteiger partial charge in [-0.15, -0.1) is 6.58 Å². The molecule has 0 saturated heterocycles. The second-order valence-corrected chi connectivity index (χ2v) is 8.05. The molecule has 3 rings (SSSR count). The molecule has 3 aromatic carbocycles. The van der Waals surface area contributed by atoms with Crippen LogP contribution in [0.2, 0.25) is 0 Å². The van der Waals surface area contributed by atoms with E-state index in [0.29, 0.717) is 5.75 Å². The number of rotatable bonds is 12. The highest BCUT2D eigenvalue weighted by atomic mass is 19.3. The van der Waals surface area contributed by atoms with Gasteiger partial charge in [0.2, 0.25) is 0 Å². The van der Waals surface area contributed by atoms with Crippen LogP contribution in [-0.2, 0) is 11.8 Å². The summed E-state index contributed by atoms with van der Waals surface area (Å²) in [4.78, 5) is 0. The highest BCUT2D eigenvalue weighted by Crippen LogP contribution is 2.37. The van der Waals surface area contributed by atoms with Crippen LogP contribution in [0.3, 0.4) is 0 Å². The van der Waals surface area contributed by atoms with Crippen LogP contribution in [0.1, 0.15) is 43.7 Å². The second-order valence-electron chi connectivity index (χ2n) is 8.05. The molecule has 0 N–H and O–H groups in total. The summed E-state index contributed by atoms with van der Waals surface area (Å²) in [7, 11) is 0. The van der Waals surface area contributed by atoms with E-state index < -0.39 is 12.4 Å². The number of hydrogen-bond acceptors (Lipinski definition) is 2. The zero-order valence-corrected chi connectivity index (χ0v) is 18.8. The summed E-state index contributed by atoms with van der Waals surface area (Å²) in [5.74, 6) is 0.527. The average molecular weight is 455 g/mol. The average Bonchev–Trinajstić information content (AvgIpc) is 2.81. The number of allylic oxidation sites excluding steroid dienone is 1. The van der Waals surface area contributed by atoms with Gasteiger partial charge in [-0.3, -0.25) is 0 Å². The van der Waals surface area contributed by atoms with Crippen LogP contribution < -0.4 is 9.47 Å². The predicted octanol–water partition coefficient (Wildman–Crippen LogP) is 8.47. The van der Waals surface area contributed by atoms with E-state index in [-0.39, 0.29) is 16.9 Å². The number of alkyl halides is 2. The van der Waals surface area contributed by atoms with Crippen molar-refractivity contribution in [2.45, 2.75) is 51.1 Å². The molecule has 1 unspecified atom stereocenters. The molecule has 0 bridgehead atoms. The quantitative estimate of drug-likeness (QED) is 0.256. The molecule has 5 heteroatoms. The SMILES string of the molecule is C=CC(CCC)(CCCc1ccc(F)c(Oc2ccccc2)c1)c1ccc(OC(F)F)cc1. The van der Waals surface area contributed by atoms with Gasteiger partial charge in [0, 0.05) is 5.41 Å². The Hall–Kier alpha value is -3.21. The highest BCUT2D eigenvalue weighted by Gasteiger charge is 2.27. The molecule has 0 aliphatic heterocycles. The first-order chi connectivity index (χ1) is 16.0. The highest BCUT2D eigenvalue weighted by molar-refractivity contribution is 5.37. The first kappa shape index (κ1) is 24.4. The van der Waals surface area contributed by atoms with Gasteiger partial charge >= 0.3 is 6.61 Å². The summed E-state index contributed by atoms with van der Waals surface area (Å²) in [6, 6.07) is 20.9. The maximum absolute atomic E-state index is 14.3. The Morgan fingerprint density at radius 1 is 0.939 bits per heavy atom. The minimum absolute atomic E-state index is 0.139. The lowest BCUT2D eigenvalue weighted by Crippen LogP contribution is -2.23. The number of aryl methyl sites for hydroxylation is 1. The van der Waals surface area contributed by atoms with Crippen LogP contribution in [0, 0.1) is 5.82 Å². The number of hydrogen-bond donors (Lipinski definition) is 0. The molecule has 0 radical (unpaired) electrons. The molecule has 0 fully saturated rings. The van der Waals surface area contributed by atoms with E-state index in [4.69, 9.17) is 4.74 Å². The van der Waals surface area contributed by atoms with Crippen LogP contribution in [0.25, 0.3) is 0 Å². The molecule has 0 aliphatic carbocycles. The van der Waals surface area contributed by atoms with E-state index in [9.17, 15) is 13.2 Å². The molecule has 0 spiro atoms. The van der Waals surface area contributed by atoms with Crippen LogP contribution in [-0.4, -0.2) is 6.61 Å². The lowest BCUT2D eigenvalue weighted by atomic mass is 9.73. The van der Waals surface area contributed by atoms with E-state index >= 15 is 0 Å². The van der Waals surface area contributed by atoms with E-state index in [1.54, 1.807) is 36.4 Å². The fourth-order valence-corrected chi connectivity index (χ4v) is 4.16. The first-order valence-electron chi connectivity index (χ1n) is 11.2. The molecule has 33 heavy (non-hydrogen) atoms. The number of para-hydroxylation sites is 1. The van der Waals surface area contributed by atoms with Crippen molar-refractivity contribution >= 4 is 0 Å². The maximum Gasteiger partial charge on any atom is 0.387 e. The zero-order chi connectivity index (χ0) is 23.7. The van der Waals surface area contributed by atoms with Crippen molar-refractivity contribution in [2.24, 2.45) is 0 Å². The third kappa shape index (κ3) is 6.64. The lowest BCUT2D eigenvalue weighted by molar-refractivity contribution is -0.0498. The third-order valence-electron chi connectivity index (χ3n) is 5.80. The number of benzene rings is 3. The molecule has 0 amide bonds. The summed E-state index contributed by atoms with van der Waals surface area (Å²) in [6.07, 6.45) is 6.21. The van der Waals surface area contributed by atoms with Gasteiger partial charge in [-0.25, -0.2) is 4.39 Å². The summed E-state index contributed by atoms with van der Waals surface area (Å²) >= 11 is 0. The van der Waals surface area contributed by atoms with Gasteiger partial charge in [-0.1, -0.05) is 55.8 Å². The molecule has 1 atom stereocenters. The smallest absolute Gasteiger partial charge is 0.387 e. The minimum atomic E-state index is -2.85. The molecule has 3 aromatic rings. The van der Waals surface area contributed by atoms with Gasteiger partial charge in [0.1, 0.15) is 11.5 Å². The molecule has 0 saturated carbocycles. The first-order valence-corrected chi connectivity index (χ1v) is 11.2. The molecule has 0 aliphatic rings. The molecule has 2 nitrogen and oxygen atoms in total. The Morgan fingerprint density at radius 2 is 1.67 bits per heavy atom. The van der Waals surface area contributed by atoms with Gasteiger partial charge in [-0.2, -0.15) is 8.78 Å². The van der Waals surface area contributed by atoms with Crippen molar-refractivity contribution in [2.75, 3.05) is 0 Å². The number of halogens is 3. The molecular weight excluding hydrogens is 425 g/mol. The van der Waals surface area contributed by atoms with E-state index in [1.165, 1.54) is 6.07 Å². The normalized spacial score (nSPS) is 12.9. The second kappa shape index (κ2) is 11.6. The molecule has 0 aromatic heterocycles. The van der Waals surface area contributed by atoms with Gasteiger partial charge in [0.15, 0.2) is 11.6 Å². The van der Waals surface area contributed by atoms with Crippen molar-refractivity contribution < 1.29 is 22.6 Å². The van der Waals surface area contributed by atoms with Crippen LogP contribution in [0.4, 0.5) is 13.2 Å². The Kier molecular flexibility index (Phi) is 8.58. The fraction of sp³-hybridized carbons (Fsp3) is 0.286. The van der Waals surface area contributed by atoms with E-state index in [2.05, 4.69) is 18.2 Å². The van der Waals surface area contributed by atoms with Crippen molar-refractivity contribution in [1.29, 1.82) is 0 Å². The summed E-state index contributed by atoms with van der Waals surface area (Å²) < 4.78 is 49.4. The van der Waals surface area contributed by atoms with Gasteiger partial charge < -0.3 is 9.47 Å². The summed E-state index contributed by atoms with van der Waals surface area (Å²) in [6.45, 7) is 3.34. The fourth-order valence-electron chi connectivity index (χ4n) is 4.16. The van der Waals surface area contributed by atoms with Crippen molar-refractivity contribution in [1.82, 2.24) is 0 Å². The van der Waals surface area contributed by atoms with E-state index in [0.717, 1.165) is 43.2 Å². The van der Waals surface area contributed by atoms with Crippen molar-refractivity contribution in [3.8, 4) is 17.2 Å². The third-order valence-corrected chi connectivity index (χ3v) is 5.80. The molecule has 174 valence electrons. The Morgan fingerprint density at radius 3 is 2.30 bits per heavy atom. The van der Waals surface area contributed by atoms with Crippen molar-refractivity contribution in [3.63, 3.8) is 0 Å². The number of ether oxygens (including phenoxy) is 2. The van der Waals surface area contributed by atoms with Gasteiger partial charge in [0.25, 0.3) is 0 Å². The minimum Gasteiger partial charge on any atom is -0.454 e. The van der Waals surface area contributed by atoms with Crippen LogP contribution in [0.5, 0.6) is 17.2 Å². The summed E-state index contributed by atoms with van der Waals surface area (Å²) in [5, 5.41) is 0. The standard InChI is InChI=1S/C28H29F3O2/c1-3-18-28(4-2,22-13-15-24(16-14-22)33-27(30)31)19-8-9-21-12-17-25(29)26(20-21)32-23-10-6-5-7-11-23/h4-7,10-17,20,27H,2-3,8-9,18-19H2,1H3. The lowest BCUT2D eigenvalue weighted by Gasteiger charge is -2.31. The Labute approximate surface area is 193 Å².